The van der Waals surface area contributed by atoms with E-state index >= 15 is 0 Å². The minimum atomic E-state index is -0.302. The smallest absolute Gasteiger partial charge is 0.337 e. The van der Waals surface area contributed by atoms with Crippen LogP contribution in [0.4, 0.5) is 0 Å². The molecule has 0 spiro atoms. The maximum atomic E-state index is 11.0. The van der Waals surface area contributed by atoms with E-state index < -0.39 is 0 Å². The maximum Gasteiger partial charge on any atom is 0.337 e. The first-order valence-electron chi connectivity index (χ1n) is 6.84. The Labute approximate surface area is 127 Å². The monoisotopic (exact) mass is 300 g/mol. The number of allylic oxidation sites excluding steroid dienone is 2. The van der Waals surface area contributed by atoms with Gasteiger partial charge in [0.2, 0.25) is 0 Å². The number of para-hydroxylation sites is 1. The zero-order valence-electron chi connectivity index (χ0n) is 12.2. The second-order valence-electron chi connectivity index (χ2n) is 4.34. The molecule has 2 aromatic rings. The third-order valence-electron chi connectivity index (χ3n) is 2.78. The number of hydrogen-bond acceptors (Lipinski definition) is 5. The van der Waals surface area contributed by atoms with Crippen LogP contribution < -0.4 is 5.63 Å². The number of esters is 1. The van der Waals surface area contributed by atoms with Crippen LogP contribution >= 0.6 is 0 Å². The van der Waals surface area contributed by atoms with E-state index in [2.05, 4.69) is 0 Å². The van der Waals surface area contributed by atoms with Crippen molar-refractivity contribution < 1.29 is 18.7 Å². The lowest BCUT2D eigenvalue weighted by Gasteiger charge is -2.08. The molecule has 3 rings (SSSR count). The Morgan fingerprint density at radius 1 is 1.23 bits per heavy atom. The highest BCUT2D eigenvalue weighted by molar-refractivity contribution is 5.89. The first-order chi connectivity index (χ1) is 10.7. The van der Waals surface area contributed by atoms with Crippen LogP contribution in [0.2, 0.25) is 0 Å². The molecule has 1 aliphatic heterocycles. The fourth-order valence-corrected chi connectivity index (χ4v) is 1.76. The molecule has 0 saturated carbocycles. The van der Waals surface area contributed by atoms with Crippen molar-refractivity contribution in [2.75, 3.05) is 13.2 Å². The summed E-state index contributed by atoms with van der Waals surface area (Å²) in [6.07, 6.45) is 4.92. The van der Waals surface area contributed by atoms with Crippen molar-refractivity contribution in [2.45, 2.75) is 6.92 Å². The third kappa shape index (κ3) is 4.34. The predicted molar refractivity (Wildman–Crippen MR) is 82.3 cm³/mol. The Hall–Kier alpha value is -2.82. The molecule has 5 heteroatoms. The summed E-state index contributed by atoms with van der Waals surface area (Å²) in [6, 6.07) is 10.6. The molecule has 0 amide bonds. The fourth-order valence-electron chi connectivity index (χ4n) is 1.76. The molecular formula is C17H16O5. The molecule has 0 aliphatic carbocycles. The average Bonchev–Trinajstić information content (AvgIpc) is 2.56. The molecule has 0 saturated heterocycles. The van der Waals surface area contributed by atoms with Gasteiger partial charge in [-0.2, -0.15) is 0 Å². The fraction of sp³-hybridized carbons (Fsp3) is 0.176. The van der Waals surface area contributed by atoms with Gasteiger partial charge in [0.1, 0.15) is 12.2 Å². The van der Waals surface area contributed by atoms with E-state index in [1.807, 2.05) is 18.2 Å². The van der Waals surface area contributed by atoms with Crippen molar-refractivity contribution in [3.63, 3.8) is 0 Å². The standard InChI is InChI=1S/C9H6O2.C8H10O3/c10-9-6-5-7-3-1-2-4-8(7)11-9;1-2-11-8(9)7-4-3-5-10-6-7/h1-6H;3-5H,2,6H2,1H3. The number of ether oxygens (including phenoxy) is 2. The predicted octanol–water partition coefficient (Wildman–Crippen LogP) is 2.81. The minimum Gasteiger partial charge on any atom is -0.496 e. The van der Waals surface area contributed by atoms with Crippen molar-refractivity contribution in [3.05, 3.63) is 70.8 Å². The third-order valence-corrected chi connectivity index (χ3v) is 2.78. The molecule has 0 N–H and O–H groups in total. The van der Waals surface area contributed by atoms with E-state index in [9.17, 15) is 9.59 Å². The zero-order chi connectivity index (χ0) is 15.8. The van der Waals surface area contributed by atoms with E-state index in [4.69, 9.17) is 13.9 Å². The van der Waals surface area contributed by atoms with Crippen LogP contribution in [0.15, 0.2) is 69.6 Å². The number of hydrogen-bond donors (Lipinski definition) is 0. The molecule has 2 heterocycles. The molecule has 1 aromatic heterocycles. The summed E-state index contributed by atoms with van der Waals surface area (Å²) < 4.78 is 14.6. The van der Waals surface area contributed by atoms with Gasteiger partial charge in [-0.25, -0.2) is 9.59 Å². The minimum absolute atomic E-state index is 0.295. The van der Waals surface area contributed by atoms with Crippen LogP contribution in [0.25, 0.3) is 11.0 Å². The molecule has 5 nitrogen and oxygen atoms in total. The van der Waals surface area contributed by atoms with Crippen molar-refractivity contribution in [2.24, 2.45) is 0 Å². The lowest BCUT2D eigenvalue weighted by molar-refractivity contribution is -0.139. The lowest BCUT2D eigenvalue weighted by atomic mass is 10.2. The Bertz CT molecular complexity index is 755. The number of carbonyl (C=O) groups excluding carboxylic acids is 1. The van der Waals surface area contributed by atoms with Crippen LogP contribution in [0, 0.1) is 0 Å². The summed E-state index contributed by atoms with van der Waals surface area (Å²) in [5.41, 5.74) is 0.901. The molecule has 0 bridgehead atoms. The summed E-state index contributed by atoms with van der Waals surface area (Å²) in [7, 11) is 0. The summed E-state index contributed by atoms with van der Waals surface area (Å²) in [5, 5.41) is 0.951. The summed E-state index contributed by atoms with van der Waals surface area (Å²) in [5.74, 6) is -0.295. The topological polar surface area (TPSA) is 65.7 Å². The summed E-state index contributed by atoms with van der Waals surface area (Å²) in [6.45, 7) is 2.49. The molecular weight excluding hydrogens is 284 g/mol. The Morgan fingerprint density at radius 2 is 2.05 bits per heavy atom. The van der Waals surface area contributed by atoms with Gasteiger partial charge < -0.3 is 13.9 Å². The van der Waals surface area contributed by atoms with E-state index in [0.717, 1.165) is 5.39 Å². The highest BCUT2D eigenvalue weighted by Gasteiger charge is 2.10. The zero-order valence-corrected chi connectivity index (χ0v) is 12.2. The molecule has 1 aromatic carbocycles. The van der Waals surface area contributed by atoms with Crippen LogP contribution in [-0.2, 0) is 14.3 Å². The highest BCUT2D eigenvalue weighted by Crippen LogP contribution is 2.09. The Kier molecular flexibility index (Phi) is 5.54. The first kappa shape index (κ1) is 15.6. The van der Waals surface area contributed by atoms with Crippen LogP contribution in [0.3, 0.4) is 0 Å². The molecule has 0 radical (unpaired) electrons. The Balaban J connectivity index is 0.000000160. The SMILES string of the molecule is CCOC(=O)C1=CC=COC1.O=c1ccc2ccccc2o1. The second-order valence-corrected chi connectivity index (χ2v) is 4.34. The van der Waals surface area contributed by atoms with Crippen molar-refractivity contribution in [1.29, 1.82) is 0 Å². The van der Waals surface area contributed by atoms with Crippen LogP contribution in [-0.4, -0.2) is 19.2 Å². The van der Waals surface area contributed by atoms with Gasteiger partial charge in [0.25, 0.3) is 0 Å². The van der Waals surface area contributed by atoms with Gasteiger partial charge in [0, 0.05) is 11.5 Å². The number of benzene rings is 1. The van der Waals surface area contributed by atoms with Crippen LogP contribution in [0.5, 0.6) is 0 Å². The molecule has 1 aliphatic rings. The van der Waals surface area contributed by atoms with Crippen molar-refractivity contribution in [1.82, 2.24) is 0 Å². The van der Waals surface area contributed by atoms with E-state index in [1.165, 1.54) is 6.07 Å². The molecule has 114 valence electrons. The number of rotatable bonds is 2. The van der Waals surface area contributed by atoms with E-state index in [0.29, 0.717) is 24.4 Å². The van der Waals surface area contributed by atoms with Gasteiger partial charge >= 0.3 is 11.6 Å². The van der Waals surface area contributed by atoms with Gasteiger partial charge in [-0.05, 0) is 31.2 Å². The maximum absolute atomic E-state index is 11.0. The highest BCUT2D eigenvalue weighted by atomic mass is 16.5. The number of carbonyl (C=O) groups is 1. The summed E-state index contributed by atoms with van der Waals surface area (Å²) >= 11 is 0. The van der Waals surface area contributed by atoms with Gasteiger partial charge in [0.15, 0.2) is 0 Å². The van der Waals surface area contributed by atoms with E-state index in [-0.39, 0.29) is 11.6 Å². The lowest BCUT2D eigenvalue weighted by Crippen LogP contribution is -2.12. The molecule has 0 fully saturated rings. The molecule has 0 unspecified atom stereocenters. The van der Waals surface area contributed by atoms with Crippen molar-refractivity contribution in [3.8, 4) is 0 Å². The van der Waals surface area contributed by atoms with Crippen LogP contribution in [0.1, 0.15) is 6.92 Å². The molecule has 0 atom stereocenters. The van der Waals surface area contributed by atoms with Gasteiger partial charge in [-0.3, -0.25) is 0 Å². The normalized spacial score (nSPS) is 12.7. The van der Waals surface area contributed by atoms with Gasteiger partial charge in [-0.15, -0.1) is 0 Å². The van der Waals surface area contributed by atoms with Crippen molar-refractivity contribution >= 4 is 16.9 Å². The van der Waals surface area contributed by atoms with E-state index in [1.54, 1.807) is 37.5 Å². The first-order valence-corrected chi connectivity index (χ1v) is 6.84. The second kappa shape index (κ2) is 7.83. The average molecular weight is 300 g/mol. The Morgan fingerprint density at radius 3 is 2.77 bits per heavy atom. The summed E-state index contributed by atoms with van der Waals surface area (Å²) in [4.78, 5) is 21.7. The largest absolute Gasteiger partial charge is 0.496 e. The van der Waals surface area contributed by atoms with Gasteiger partial charge in [-0.1, -0.05) is 18.2 Å². The van der Waals surface area contributed by atoms with Gasteiger partial charge in [0.05, 0.1) is 18.4 Å². The molecule has 22 heavy (non-hydrogen) atoms. The quantitative estimate of drug-likeness (QED) is 0.630. The number of fused-ring (bicyclic) bond motifs is 1.